The summed E-state index contributed by atoms with van der Waals surface area (Å²) in [5.74, 6) is 1.15. The van der Waals surface area contributed by atoms with E-state index in [1.807, 2.05) is 6.07 Å². The van der Waals surface area contributed by atoms with Crippen LogP contribution in [0, 0.1) is 6.92 Å². The second-order valence-corrected chi connectivity index (χ2v) is 7.46. The molecule has 172 valence electrons. The monoisotopic (exact) mass is 450 g/mol. The van der Waals surface area contributed by atoms with Gasteiger partial charge in [0.15, 0.2) is 11.2 Å². The lowest BCUT2D eigenvalue weighted by Gasteiger charge is -2.12. The van der Waals surface area contributed by atoms with E-state index in [-0.39, 0.29) is 43.3 Å². The molecule has 4 aromatic rings. The van der Waals surface area contributed by atoms with Gasteiger partial charge in [0.2, 0.25) is 0 Å². The van der Waals surface area contributed by atoms with Crippen molar-refractivity contribution in [3.05, 3.63) is 81.6 Å². The Bertz CT molecular complexity index is 1380. The third-order valence-corrected chi connectivity index (χ3v) is 5.21. The highest BCUT2D eigenvalue weighted by atomic mass is 16.5. The van der Waals surface area contributed by atoms with Crippen LogP contribution in [0.3, 0.4) is 0 Å². The summed E-state index contributed by atoms with van der Waals surface area (Å²) >= 11 is 0. The summed E-state index contributed by atoms with van der Waals surface area (Å²) in [6, 6.07) is 10.7. The molecular weight excluding hydrogens is 426 g/mol. The number of pyridine rings is 1. The van der Waals surface area contributed by atoms with Gasteiger partial charge in [0.1, 0.15) is 11.5 Å². The second-order valence-electron chi connectivity index (χ2n) is 7.46. The van der Waals surface area contributed by atoms with Crippen molar-refractivity contribution in [2.24, 2.45) is 7.05 Å². The molecule has 10 nitrogen and oxygen atoms in total. The minimum Gasteiger partial charge on any atom is -0.497 e. The van der Waals surface area contributed by atoms with Crippen LogP contribution < -0.4 is 20.7 Å². The zero-order valence-corrected chi connectivity index (χ0v) is 18.4. The lowest BCUT2D eigenvalue weighted by atomic mass is 10.3. The average molecular weight is 450 g/mol. The van der Waals surface area contributed by atoms with Crippen molar-refractivity contribution in [2.75, 3.05) is 13.7 Å². The molecule has 0 saturated heterocycles. The second kappa shape index (κ2) is 9.21. The molecule has 0 bridgehead atoms. The molecule has 1 aromatic carbocycles. The number of methoxy groups -OCH3 is 1. The van der Waals surface area contributed by atoms with Crippen LogP contribution in [0.5, 0.6) is 17.5 Å². The molecule has 3 aromatic heterocycles. The number of nitrogens with zero attached hydrogens (tertiary/aromatic N) is 5. The quantitative estimate of drug-likeness (QED) is 0.407. The van der Waals surface area contributed by atoms with Gasteiger partial charge < -0.3 is 19.6 Å². The van der Waals surface area contributed by atoms with Gasteiger partial charge in [-0.2, -0.15) is 23.5 Å². The number of aryl methyl sites for hydroxylation is 1. The minimum atomic E-state index is -0.513. The van der Waals surface area contributed by atoms with E-state index in [9.17, 15) is 14.7 Å². The predicted molar refractivity (Wildman–Crippen MR) is 122 cm³/mol. The number of aliphatic hydroxyl groups excluding tert-OH is 1. The summed E-state index contributed by atoms with van der Waals surface area (Å²) in [5.41, 5.74) is 0.810. The normalized spacial score (nSPS) is 11.1. The molecule has 33 heavy (non-hydrogen) atoms. The Labute approximate surface area is 189 Å². The van der Waals surface area contributed by atoms with E-state index < -0.39 is 11.2 Å². The third kappa shape index (κ3) is 4.33. The van der Waals surface area contributed by atoms with Crippen molar-refractivity contribution < 1.29 is 14.6 Å². The summed E-state index contributed by atoms with van der Waals surface area (Å²) in [4.78, 5) is 35.0. The number of fused-ring (bicyclic) bond motifs is 1. The van der Waals surface area contributed by atoms with Crippen molar-refractivity contribution in [3.8, 4) is 17.5 Å². The molecule has 0 fully saturated rings. The first-order valence-corrected chi connectivity index (χ1v) is 10.3. The van der Waals surface area contributed by atoms with Crippen LogP contribution in [0.15, 0.2) is 52.2 Å². The standard InChI is InChI=1S/C23H24N5O5/c1-15-5-6-16(24-13-15)14-28-19-20(26(2)23(31)27(21(19)30)11-4-12-29)25-22(28)33-18-9-7-17(32-3)8-10-18/h5-10,13,29H,1,4,11-12,14H2,2-3H3/q-1. The predicted octanol–water partition coefficient (Wildman–Crippen LogP) is 1.71. The Balaban J connectivity index is 1.90. The smallest absolute Gasteiger partial charge is 0.332 e. The molecule has 0 aliphatic rings. The Kier molecular flexibility index (Phi) is 6.18. The molecule has 0 unspecified atom stereocenters. The van der Waals surface area contributed by atoms with Crippen molar-refractivity contribution in [1.82, 2.24) is 23.7 Å². The molecular formula is C23H24N5O5-. The molecule has 0 spiro atoms. The number of hydrogen-bond donors (Lipinski definition) is 1. The number of aliphatic hydroxyl groups is 1. The number of imidazole rings is 1. The lowest BCUT2D eigenvalue weighted by molar-refractivity contribution is 0.277. The number of rotatable bonds is 8. The highest BCUT2D eigenvalue weighted by Crippen LogP contribution is 2.26. The molecule has 0 aliphatic carbocycles. The number of hydrogen-bond acceptors (Lipinski definition) is 7. The Hall–Kier alpha value is -4.05. The van der Waals surface area contributed by atoms with Gasteiger partial charge >= 0.3 is 11.7 Å². The van der Waals surface area contributed by atoms with Crippen LogP contribution in [-0.4, -0.2) is 42.5 Å². The summed E-state index contributed by atoms with van der Waals surface area (Å²) in [5, 5.41) is 9.19. The third-order valence-electron chi connectivity index (χ3n) is 5.21. The lowest BCUT2D eigenvalue weighted by Crippen LogP contribution is -2.39. The topological polar surface area (TPSA) is 113 Å². The van der Waals surface area contributed by atoms with E-state index in [4.69, 9.17) is 9.47 Å². The highest BCUT2D eigenvalue weighted by molar-refractivity contribution is 5.72. The number of aromatic nitrogens is 5. The Morgan fingerprint density at radius 1 is 1.06 bits per heavy atom. The van der Waals surface area contributed by atoms with Gasteiger partial charge in [0, 0.05) is 25.9 Å². The van der Waals surface area contributed by atoms with Crippen molar-refractivity contribution >= 4 is 11.2 Å². The molecule has 0 radical (unpaired) electrons. The maximum atomic E-state index is 13.3. The maximum Gasteiger partial charge on any atom is 0.332 e. The van der Waals surface area contributed by atoms with Gasteiger partial charge in [-0.15, -0.1) is 0 Å². The van der Waals surface area contributed by atoms with Crippen LogP contribution in [-0.2, 0) is 20.1 Å². The van der Waals surface area contributed by atoms with Gasteiger partial charge in [-0.1, -0.05) is 12.3 Å². The van der Waals surface area contributed by atoms with Crippen LogP contribution >= 0.6 is 0 Å². The minimum absolute atomic E-state index is 0.0895. The number of benzene rings is 1. The van der Waals surface area contributed by atoms with Crippen LogP contribution in [0.2, 0.25) is 0 Å². The van der Waals surface area contributed by atoms with Crippen molar-refractivity contribution in [1.29, 1.82) is 0 Å². The zero-order valence-electron chi connectivity index (χ0n) is 18.4. The van der Waals surface area contributed by atoms with Gasteiger partial charge in [0.25, 0.3) is 5.56 Å². The molecule has 4 rings (SSSR count). The Morgan fingerprint density at radius 2 is 1.79 bits per heavy atom. The van der Waals surface area contributed by atoms with E-state index >= 15 is 0 Å². The van der Waals surface area contributed by atoms with Crippen LogP contribution in [0.25, 0.3) is 11.2 Å². The summed E-state index contributed by atoms with van der Waals surface area (Å²) in [7, 11) is 3.12. The first-order valence-electron chi connectivity index (χ1n) is 10.3. The first-order chi connectivity index (χ1) is 15.9. The summed E-state index contributed by atoms with van der Waals surface area (Å²) in [6.45, 7) is 3.98. The highest BCUT2D eigenvalue weighted by Gasteiger charge is 2.22. The van der Waals surface area contributed by atoms with Gasteiger partial charge in [-0.05, 0) is 30.7 Å². The molecule has 0 atom stereocenters. The van der Waals surface area contributed by atoms with Crippen LogP contribution in [0.1, 0.15) is 17.7 Å². The van der Waals surface area contributed by atoms with Gasteiger partial charge in [-0.25, -0.2) is 4.79 Å². The van der Waals surface area contributed by atoms with E-state index in [0.29, 0.717) is 17.2 Å². The number of ether oxygens (including phenoxy) is 2. The van der Waals surface area contributed by atoms with Crippen molar-refractivity contribution in [2.45, 2.75) is 19.5 Å². The summed E-state index contributed by atoms with van der Waals surface area (Å²) in [6.07, 6.45) is 1.91. The van der Waals surface area contributed by atoms with E-state index in [1.54, 1.807) is 55.3 Å². The van der Waals surface area contributed by atoms with E-state index in [1.165, 1.54) is 4.57 Å². The fourth-order valence-electron chi connectivity index (χ4n) is 3.46. The molecule has 0 amide bonds. The molecule has 1 N–H and O–H groups in total. The zero-order chi connectivity index (χ0) is 23.5. The maximum absolute atomic E-state index is 13.3. The van der Waals surface area contributed by atoms with Crippen LogP contribution in [0.4, 0.5) is 0 Å². The van der Waals surface area contributed by atoms with Crippen molar-refractivity contribution in [3.63, 3.8) is 0 Å². The van der Waals surface area contributed by atoms with E-state index in [2.05, 4.69) is 16.9 Å². The fraction of sp³-hybridized carbons (Fsp3) is 0.261. The molecule has 10 heteroatoms. The van der Waals surface area contributed by atoms with Gasteiger partial charge in [0.05, 0.1) is 13.7 Å². The summed E-state index contributed by atoms with van der Waals surface area (Å²) < 4.78 is 15.2. The first kappa shape index (κ1) is 22.2. The fourth-order valence-corrected chi connectivity index (χ4v) is 3.46. The Morgan fingerprint density at radius 3 is 2.42 bits per heavy atom. The average Bonchev–Trinajstić information content (AvgIpc) is 3.17. The molecule has 0 saturated carbocycles. The van der Waals surface area contributed by atoms with Gasteiger partial charge in [-0.3, -0.25) is 18.5 Å². The molecule has 0 aliphatic heterocycles. The SMILES string of the molecule is [CH2-]c1ccc(Cn2c(Oc3ccc(OC)cc3)nc3c2c(=O)n(CCCO)c(=O)n3C)nc1. The largest absolute Gasteiger partial charge is 0.497 e. The van der Waals surface area contributed by atoms with E-state index in [0.717, 1.165) is 10.1 Å². The molecule has 3 heterocycles.